The lowest BCUT2D eigenvalue weighted by molar-refractivity contribution is 0.0697. The molecule has 1 saturated carbocycles. The molecular weight excluding hydrogens is 411 g/mol. The van der Waals surface area contributed by atoms with Crippen molar-refractivity contribution in [3.05, 3.63) is 63.2 Å². The molecule has 32 heavy (non-hydrogen) atoms. The Morgan fingerprint density at radius 3 is 2.66 bits per heavy atom. The number of nitrogens with zero attached hydrogens (tertiary/aromatic N) is 3. The Hall–Kier alpha value is -3.42. The van der Waals surface area contributed by atoms with Crippen molar-refractivity contribution in [1.82, 2.24) is 9.55 Å². The summed E-state index contributed by atoms with van der Waals surface area (Å²) in [6, 6.07) is 7.08. The summed E-state index contributed by atoms with van der Waals surface area (Å²) >= 11 is 0. The van der Waals surface area contributed by atoms with E-state index in [0.29, 0.717) is 34.4 Å². The van der Waals surface area contributed by atoms with Crippen molar-refractivity contribution in [1.29, 1.82) is 0 Å². The van der Waals surface area contributed by atoms with Crippen LogP contribution >= 0.6 is 0 Å². The summed E-state index contributed by atoms with van der Waals surface area (Å²) in [5.74, 6) is 0.248. The van der Waals surface area contributed by atoms with E-state index in [-0.39, 0.29) is 17.2 Å². The molecule has 0 spiro atoms. The molecule has 2 heterocycles. The zero-order valence-electron chi connectivity index (χ0n) is 18.2. The van der Waals surface area contributed by atoms with Gasteiger partial charge in [-0.15, -0.1) is 0 Å². The van der Waals surface area contributed by atoms with Crippen LogP contribution in [0.2, 0.25) is 0 Å². The summed E-state index contributed by atoms with van der Waals surface area (Å²) in [6.07, 6.45) is 1.26. The average Bonchev–Trinajstić information content (AvgIpc) is 3.36. The summed E-state index contributed by atoms with van der Waals surface area (Å²) in [4.78, 5) is 31.9. The molecule has 3 aromatic rings. The molecular formula is C24H25FN4O3. The van der Waals surface area contributed by atoms with E-state index in [2.05, 4.69) is 10.2 Å². The van der Waals surface area contributed by atoms with Crippen molar-refractivity contribution < 1.29 is 14.3 Å². The summed E-state index contributed by atoms with van der Waals surface area (Å²) in [7, 11) is 1.76. The highest BCUT2D eigenvalue weighted by Gasteiger charge is 2.46. The van der Waals surface area contributed by atoms with Crippen molar-refractivity contribution in [2.24, 2.45) is 18.9 Å². The Kier molecular flexibility index (Phi) is 4.69. The van der Waals surface area contributed by atoms with E-state index in [4.69, 9.17) is 4.98 Å². The number of hydrogen-bond donors (Lipinski definition) is 2. The first-order valence-electron chi connectivity index (χ1n) is 10.8. The number of carboxylic acid groups (broad SMARTS) is 1. The van der Waals surface area contributed by atoms with Gasteiger partial charge in [-0.25, -0.2) is 14.2 Å². The summed E-state index contributed by atoms with van der Waals surface area (Å²) < 4.78 is 15.2. The number of aryl methyl sites for hydroxylation is 1. The molecule has 8 heteroatoms. The zero-order valence-corrected chi connectivity index (χ0v) is 18.2. The van der Waals surface area contributed by atoms with Crippen LogP contribution in [0.5, 0.6) is 0 Å². The third kappa shape index (κ3) is 3.39. The van der Waals surface area contributed by atoms with Crippen LogP contribution in [0, 0.1) is 24.6 Å². The maximum Gasteiger partial charge on any atom is 0.337 e. The number of aromatic carboxylic acids is 1. The minimum absolute atomic E-state index is 0.101. The molecule has 0 bridgehead atoms. The number of piperidine rings is 1. The fourth-order valence-corrected chi connectivity index (χ4v) is 4.85. The van der Waals surface area contributed by atoms with Gasteiger partial charge in [0.1, 0.15) is 5.82 Å². The smallest absolute Gasteiger partial charge is 0.337 e. The number of aromatic nitrogens is 2. The maximum atomic E-state index is 13.6. The van der Waals surface area contributed by atoms with Gasteiger partial charge in [0.05, 0.1) is 22.5 Å². The van der Waals surface area contributed by atoms with E-state index >= 15 is 0 Å². The highest BCUT2D eigenvalue weighted by atomic mass is 19.1. The van der Waals surface area contributed by atoms with Crippen LogP contribution in [0.25, 0.3) is 10.9 Å². The maximum absolute atomic E-state index is 13.6. The molecule has 1 aliphatic carbocycles. The fourth-order valence-electron chi connectivity index (χ4n) is 4.85. The normalized spacial score (nSPS) is 20.3. The van der Waals surface area contributed by atoms with Gasteiger partial charge in [-0.1, -0.05) is 6.07 Å². The van der Waals surface area contributed by atoms with E-state index in [1.165, 1.54) is 18.6 Å². The van der Waals surface area contributed by atoms with Crippen LogP contribution in [0.3, 0.4) is 0 Å². The predicted molar refractivity (Wildman–Crippen MR) is 121 cm³/mol. The minimum atomic E-state index is -1.21. The van der Waals surface area contributed by atoms with Crippen molar-refractivity contribution in [2.45, 2.75) is 26.3 Å². The number of carbonyl (C=O) groups is 1. The average molecular weight is 436 g/mol. The van der Waals surface area contributed by atoms with Gasteiger partial charge in [0.15, 0.2) is 0 Å². The third-order valence-corrected chi connectivity index (χ3v) is 6.64. The Balaban J connectivity index is 1.60. The van der Waals surface area contributed by atoms with Crippen LogP contribution in [0.15, 0.2) is 35.1 Å². The second-order valence-corrected chi connectivity index (χ2v) is 9.05. The fraction of sp³-hybridized carbons (Fsp3) is 0.375. The van der Waals surface area contributed by atoms with Crippen molar-refractivity contribution in [3.63, 3.8) is 0 Å². The molecule has 166 valence electrons. The van der Waals surface area contributed by atoms with Crippen LogP contribution < -0.4 is 15.8 Å². The number of rotatable bonds is 5. The lowest BCUT2D eigenvalue weighted by Gasteiger charge is -2.24. The Labute approximate surface area is 184 Å². The molecule has 7 nitrogen and oxygen atoms in total. The van der Waals surface area contributed by atoms with Gasteiger partial charge < -0.3 is 15.3 Å². The minimum Gasteiger partial charge on any atom is -0.478 e. The first-order chi connectivity index (χ1) is 15.2. The van der Waals surface area contributed by atoms with Crippen LogP contribution in [0.4, 0.5) is 16.0 Å². The molecule has 1 aliphatic heterocycles. The van der Waals surface area contributed by atoms with Crippen LogP contribution in [0.1, 0.15) is 40.9 Å². The molecule has 2 N–H and O–H groups in total. The number of nitrogens with one attached hydrogen (secondary N) is 1. The molecule has 3 atom stereocenters. The van der Waals surface area contributed by atoms with E-state index < -0.39 is 11.8 Å². The molecule has 1 saturated heterocycles. The second kappa shape index (κ2) is 7.32. The molecule has 2 aliphatic rings. The van der Waals surface area contributed by atoms with E-state index in [0.717, 1.165) is 30.3 Å². The Morgan fingerprint density at radius 1 is 1.25 bits per heavy atom. The molecule has 2 fully saturated rings. The number of anilines is 2. The quantitative estimate of drug-likeness (QED) is 0.634. The Bertz CT molecular complexity index is 1310. The van der Waals surface area contributed by atoms with Gasteiger partial charge in [-0.2, -0.15) is 0 Å². The lowest BCUT2D eigenvalue weighted by Crippen LogP contribution is -2.31. The molecule has 3 unspecified atom stereocenters. The third-order valence-electron chi connectivity index (χ3n) is 6.64. The van der Waals surface area contributed by atoms with E-state index in [1.54, 1.807) is 11.6 Å². The lowest BCUT2D eigenvalue weighted by atomic mass is 10.0. The van der Waals surface area contributed by atoms with Crippen LogP contribution in [-0.4, -0.2) is 33.7 Å². The topological polar surface area (TPSA) is 87.5 Å². The van der Waals surface area contributed by atoms with E-state index in [9.17, 15) is 19.1 Å². The first kappa shape index (κ1) is 20.5. The monoisotopic (exact) mass is 436 g/mol. The number of carboxylic acids is 1. The van der Waals surface area contributed by atoms with Crippen LogP contribution in [-0.2, 0) is 7.05 Å². The molecule has 0 amide bonds. The van der Waals surface area contributed by atoms with Gasteiger partial charge in [0.25, 0.3) is 5.56 Å². The van der Waals surface area contributed by atoms with Crippen molar-refractivity contribution in [3.8, 4) is 0 Å². The van der Waals surface area contributed by atoms with Gasteiger partial charge in [-0.3, -0.25) is 9.36 Å². The number of halogens is 1. The highest BCUT2D eigenvalue weighted by Crippen LogP contribution is 2.46. The molecule has 5 rings (SSSR count). The molecule has 2 aromatic carbocycles. The number of fused-ring (bicyclic) bond motifs is 2. The van der Waals surface area contributed by atoms with Gasteiger partial charge >= 0.3 is 5.97 Å². The zero-order chi connectivity index (χ0) is 22.7. The summed E-state index contributed by atoms with van der Waals surface area (Å²) in [6.45, 7) is 5.64. The van der Waals surface area contributed by atoms with Crippen molar-refractivity contribution >= 4 is 28.5 Å². The predicted octanol–water partition coefficient (Wildman–Crippen LogP) is 3.71. The van der Waals surface area contributed by atoms with Gasteiger partial charge in [0, 0.05) is 31.4 Å². The van der Waals surface area contributed by atoms with E-state index in [1.807, 2.05) is 26.0 Å². The molecule has 0 radical (unpaired) electrons. The highest BCUT2D eigenvalue weighted by molar-refractivity contribution is 5.94. The second-order valence-electron chi connectivity index (χ2n) is 9.05. The van der Waals surface area contributed by atoms with Crippen molar-refractivity contribution in [2.75, 3.05) is 23.3 Å². The number of benzene rings is 2. The largest absolute Gasteiger partial charge is 0.478 e. The summed E-state index contributed by atoms with van der Waals surface area (Å²) in [5.41, 5.74) is 2.38. The summed E-state index contributed by atoms with van der Waals surface area (Å²) in [5, 5.41) is 13.2. The molecule has 1 aromatic heterocycles. The standard InChI is InChI=1S/C24H25FN4O3/c1-12-6-17(13(2)26-20-5-4-16(25)9-18(20)23(31)32)21-19(7-12)22(30)28(3)24(27-21)29-10-14-8-15(14)11-29/h4-7,9,13-15,26H,8,10-11H2,1-3H3,(H,31,32). The first-order valence-corrected chi connectivity index (χ1v) is 10.8. The van der Waals surface area contributed by atoms with Gasteiger partial charge in [-0.05, 0) is 61.9 Å². The SMILES string of the molecule is Cc1cc(C(C)Nc2ccc(F)cc2C(=O)O)c2nc(N3CC4CC4C3)n(C)c(=O)c2c1. The number of hydrogen-bond acceptors (Lipinski definition) is 5. The van der Waals surface area contributed by atoms with Gasteiger partial charge in [0.2, 0.25) is 5.95 Å². The Morgan fingerprint density at radius 2 is 1.97 bits per heavy atom.